The van der Waals surface area contributed by atoms with E-state index in [1.54, 1.807) is 36.4 Å². The van der Waals surface area contributed by atoms with Gasteiger partial charge in [-0.1, -0.05) is 15.9 Å². The molecule has 0 bridgehead atoms. The van der Waals surface area contributed by atoms with Crippen LogP contribution in [0.5, 0.6) is 5.75 Å². The Labute approximate surface area is 191 Å². The van der Waals surface area contributed by atoms with Gasteiger partial charge < -0.3 is 10.1 Å². The summed E-state index contributed by atoms with van der Waals surface area (Å²) in [6.07, 6.45) is 0. The van der Waals surface area contributed by atoms with Crippen LogP contribution in [0.25, 0.3) is 0 Å². The quantitative estimate of drug-likeness (QED) is 0.387. The molecule has 0 heterocycles. The summed E-state index contributed by atoms with van der Waals surface area (Å²) < 4.78 is 34.8. The number of halogens is 2. The highest BCUT2D eigenvalue weighted by atomic mass is 127. The molecule has 0 atom stereocenters. The molecule has 150 valence electrons. The van der Waals surface area contributed by atoms with Crippen molar-refractivity contribution >= 4 is 65.8 Å². The van der Waals surface area contributed by atoms with E-state index in [4.69, 9.17) is 4.74 Å². The third-order valence-corrected chi connectivity index (χ3v) is 6.37. The summed E-state index contributed by atoms with van der Waals surface area (Å²) in [5.74, 6) is 0.0881. The fraction of sp³-hybridized carbons (Fsp3) is 0.0500. The number of rotatable bonds is 7. The SMILES string of the molecule is O=C(COc1ccc(S(=O)(=O)Nc2ccc(Br)cc2)cc1)Nc1ccc(I)cc1. The van der Waals surface area contributed by atoms with E-state index in [1.807, 2.05) is 12.1 Å². The normalized spacial score (nSPS) is 11.0. The highest BCUT2D eigenvalue weighted by molar-refractivity contribution is 14.1. The number of ether oxygens (including phenoxy) is 1. The number of sulfonamides is 1. The first-order valence-corrected chi connectivity index (χ1v) is 11.7. The van der Waals surface area contributed by atoms with Gasteiger partial charge in [0, 0.05) is 19.4 Å². The summed E-state index contributed by atoms with van der Waals surface area (Å²) >= 11 is 5.49. The Kier molecular flexibility index (Phi) is 7.14. The second-order valence-electron chi connectivity index (χ2n) is 5.93. The number of benzene rings is 3. The molecule has 0 radical (unpaired) electrons. The van der Waals surface area contributed by atoms with E-state index in [0.717, 1.165) is 8.04 Å². The van der Waals surface area contributed by atoms with Crippen LogP contribution in [0, 0.1) is 3.57 Å². The van der Waals surface area contributed by atoms with Crippen molar-refractivity contribution in [1.29, 1.82) is 0 Å². The monoisotopic (exact) mass is 586 g/mol. The van der Waals surface area contributed by atoms with Crippen LogP contribution in [0.3, 0.4) is 0 Å². The minimum absolute atomic E-state index is 0.0936. The van der Waals surface area contributed by atoms with Gasteiger partial charge in [-0.2, -0.15) is 0 Å². The predicted octanol–water partition coefficient (Wildman–Crippen LogP) is 4.87. The maximum Gasteiger partial charge on any atom is 0.262 e. The predicted molar refractivity (Wildman–Crippen MR) is 125 cm³/mol. The van der Waals surface area contributed by atoms with Gasteiger partial charge in [0.2, 0.25) is 0 Å². The molecule has 0 spiro atoms. The first-order valence-electron chi connectivity index (χ1n) is 8.38. The molecule has 0 aliphatic heterocycles. The summed E-state index contributed by atoms with van der Waals surface area (Å²) in [5, 5.41) is 2.73. The van der Waals surface area contributed by atoms with Gasteiger partial charge in [0.1, 0.15) is 5.75 Å². The van der Waals surface area contributed by atoms with Crippen molar-refractivity contribution in [3.8, 4) is 5.75 Å². The molecule has 0 aliphatic carbocycles. The molecule has 3 rings (SSSR count). The van der Waals surface area contributed by atoms with Crippen LogP contribution < -0.4 is 14.8 Å². The first kappa shape index (κ1) is 21.6. The van der Waals surface area contributed by atoms with Crippen molar-refractivity contribution < 1.29 is 17.9 Å². The molecule has 0 fully saturated rings. The van der Waals surface area contributed by atoms with Gasteiger partial charge in [-0.3, -0.25) is 9.52 Å². The summed E-state index contributed by atoms with van der Waals surface area (Å²) in [6.45, 7) is -0.185. The van der Waals surface area contributed by atoms with Gasteiger partial charge in [-0.05, 0) is 95.4 Å². The third-order valence-electron chi connectivity index (χ3n) is 3.73. The average Bonchev–Trinajstić information content (AvgIpc) is 2.70. The Hall–Kier alpha value is -2.11. The lowest BCUT2D eigenvalue weighted by Gasteiger charge is -2.10. The van der Waals surface area contributed by atoms with E-state index in [9.17, 15) is 13.2 Å². The zero-order valence-corrected chi connectivity index (χ0v) is 19.5. The van der Waals surface area contributed by atoms with Gasteiger partial charge in [0.15, 0.2) is 6.61 Å². The maximum absolute atomic E-state index is 12.5. The highest BCUT2D eigenvalue weighted by Gasteiger charge is 2.14. The Bertz CT molecular complexity index is 1090. The molecule has 2 N–H and O–H groups in total. The molecule has 3 aromatic carbocycles. The Morgan fingerprint density at radius 3 is 2.10 bits per heavy atom. The minimum Gasteiger partial charge on any atom is -0.484 e. The smallest absolute Gasteiger partial charge is 0.262 e. The van der Waals surface area contributed by atoms with Gasteiger partial charge in [0.05, 0.1) is 4.90 Å². The van der Waals surface area contributed by atoms with E-state index in [0.29, 0.717) is 17.1 Å². The van der Waals surface area contributed by atoms with E-state index in [1.165, 1.54) is 24.3 Å². The molecule has 0 aliphatic rings. The van der Waals surface area contributed by atoms with Crippen LogP contribution in [0.15, 0.2) is 82.2 Å². The topological polar surface area (TPSA) is 84.5 Å². The van der Waals surface area contributed by atoms with Crippen molar-refractivity contribution in [3.05, 3.63) is 80.8 Å². The molecular formula is C20H16BrIN2O4S. The van der Waals surface area contributed by atoms with Gasteiger partial charge in [-0.25, -0.2) is 8.42 Å². The molecule has 9 heteroatoms. The zero-order chi connectivity index (χ0) is 20.9. The van der Waals surface area contributed by atoms with Crippen LogP contribution in [-0.2, 0) is 14.8 Å². The van der Waals surface area contributed by atoms with Crippen molar-refractivity contribution in [2.24, 2.45) is 0 Å². The second kappa shape index (κ2) is 9.59. The lowest BCUT2D eigenvalue weighted by atomic mass is 10.3. The number of amides is 1. The summed E-state index contributed by atoms with van der Waals surface area (Å²) in [6, 6.07) is 20.1. The van der Waals surface area contributed by atoms with E-state index >= 15 is 0 Å². The van der Waals surface area contributed by atoms with Crippen LogP contribution >= 0.6 is 38.5 Å². The Morgan fingerprint density at radius 2 is 1.48 bits per heavy atom. The summed E-state index contributed by atoms with van der Waals surface area (Å²) in [4.78, 5) is 12.1. The van der Waals surface area contributed by atoms with Crippen molar-refractivity contribution in [2.75, 3.05) is 16.6 Å². The van der Waals surface area contributed by atoms with Crippen LogP contribution in [0.4, 0.5) is 11.4 Å². The van der Waals surface area contributed by atoms with E-state index < -0.39 is 10.0 Å². The molecule has 0 aromatic heterocycles. The molecule has 0 saturated heterocycles. The number of hydrogen-bond acceptors (Lipinski definition) is 4. The maximum atomic E-state index is 12.5. The molecule has 0 unspecified atom stereocenters. The highest BCUT2D eigenvalue weighted by Crippen LogP contribution is 2.21. The average molecular weight is 587 g/mol. The molecule has 0 saturated carbocycles. The first-order chi connectivity index (χ1) is 13.8. The summed E-state index contributed by atoms with van der Waals surface area (Å²) in [5.41, 5.74) is 1.14. The molecular weight excluding hydrogens is 571 g/mol. The number of hydrogen-bond donors (Lipinski definition) is 2. The van der Waals surface area contributed by atoms with Crippen molar-refractivity contribution in [3.63, 3.8) is 0 Å². The fourth-order valence-electron chi connectivity index (χ4n) is 2.33. The van der Waals surface area contributed by atoms with Crippen molar-refractivity contribution in [2.45, 2.75) is 4.90 Å². The zero-order valence-electron chi connectivity index (χ0n) is 14.9. The fourth-order valence-corrected chi connectivity index (χ4v) is 4.01. The minimum atomic E-state index is -3.72. The second-order valence-corrected chi connectivity index (χ2v) is 9.77. The van der Waals surface area contributed by atoms with Crippen LogP contribution in [0.2, 0.25) is 0 Å². The van der Waals surface area contributed by atoms with E-state index in [-0.39, 0.29) is 17.4 Å². The van der Waals surface area contributed by atoms with Crippen LogP contribution in [-0.4, -0.2) is 20.9 Å². The number of nitrogens with one attached hydrogen (secondary N) is 2. The molecule has 3 aromatic rings. The Balaban J connectivity index is 1.57. The Morgan fingerprint density at radius 1 is 0.897 bits per heavy atom. The number of carbonyl (C=O) groups is 1. The largest absolute Gasteiger partial charge is 0.484 e. The number of anilines is 2. The standard InChI is InChI=1S/C20H16BrIN2O4S/c21-14-1-5-17(6-2-14)24-29(26,27)19-11-9-18(10-12-19)28-13-20(25)23-16-7-3-15(22)4-8-16/h1-12,24H,13H2,(H,23,25). The van der Waals surface area contributed by atoms with Gasteiger partial charge in [-0.15, -0.1) is 0 Å². The molecule has 1 amide bonds. The number of carbonyl (C=O) groups excluding carboxylic acids is 1. The molecule has 6 nitrogen and oxygen atoms in total. The third kappa shape index (κ3) is 6.44. The van der Waals surface area contributed by atoms with Crippen molar-refractivity contribution in [1.82, 2.24) is 0 Å². The van der Waals surface area contributed by atoms with E-state index in [2.05, 4.69) is 48.6 Å². The lowest BCUT2D eigenvalue weighted by Crippen LogP contribution is -2.20. The lowest BCUT2D eigenvalue weighted by molar-refractivity contribution is -0.118. The molecule has 29 heavy (non-hydrogen) atoms. The van der Waals surface area contributed by atoms with Gasteiger partial charge in [0.25, 0.3) is 15.9 Å². The van der Waals surface area contributed by atoms with Gasteiger partial charge >= 0.3 is 0 Å². The van der Waals surface area contributed by atoms with Crippen LogP contribution in [0.1, 0.15) is 0 Å². The summed E-state index contributed by atoms with van der Waals surface area (Å²) in [7, 11) is -3.72.